The maximum atomic E-state index is 5.69. The third-order valence-corrected chi connectivity index (χ3v) is 2.12. The highest BCUT2D eigenvalue weighted by Gasteiger charge is 2.07. The van der Waals surface area contributed by atoms with Crippen LogP contribution in [0.5, 0.6) is 0 Å². The number of nitrogen functional groups attached to an aromatic ring is 1. The van der Waals surface area contributed by atoms with E-state index >= 15 is 0 Å². The summed E-state index contributed by atoms with van der Waals surface area (Å²) in [4.78, 5) is 4.14. The fourth-order valence-corrected chi connectivity index (χ4v) is 1.26. The van der Waals surface area contributed by atoms with Crippen molar-refractivity contribution >= 4 is 16.9 Å². The fourth-order valence-electron chi connectivity index (χ4n) is 1.26. The molecule has 4 heteroatoms. The quantitative estimate of drug-likeness (QED) is 0.610. The molecule has 0 aromatic carbocycles. The molecular weight excluding hydrogens is 152 g/mol. The van der Waals surface area contributed by atoms with E-state index in [4.69, 9.17) is 5.73 Å². The van der Waals surface area contributed by atoms with E-state index in [1.165, 1.54) is 0 Å². The second-order valence-corrected chi connectivity index (χ2v) is 2.90. The summed E-state index contributed by atoms with van der Waals surface area (Å²) >= 11 is 0. The van der Waals surface area contributed by atoms with E-state index in [1.807, 2.05) is 13.8 Å². The monoisotopic (exact) mass is 162 g/mol. The Morgan fingerprint density at radius 2 is 2.17 bits per heavy atom. The number of H-pyrrole nitrogens is 1. The van der Waals surface area contributed by atoms with Crippen molar-refractivity contribution in [3.8, 4) is 0 Å². The molecule has 0 bridgehead atoms. The highest BCUT2D eigenvalue weighted by molar-refractivity contribution is 5.89. The van der Waals surface area contributed by atoms with Gasteiger partial charge in [-0.1, -0.05) is 0 Å². The van der Waals surface area contributed by atoms with Crippen LogP contribution in [0.1, 0.15) is 11.1 Å². The molecule has 2 aromatic rings. The van der Waals surface area contributed by atoms with Crippen LogP contribution in [0.4, 0.5) is 5.82 Å². The first-order chi connectivity index (χ1) is 5.70. The van der Waals surface area contributed by atoms with Gasteiger partial charge in [0, 0.05) is 6.20 Å². The lowest BCUT2D eigenvalue weighted by Gasteiger charge is -1.99. The Morgan fingerprint density at radius 3 is 2.92 bits per heavy atom. The predicted octanol–water partition coefficient (Wildman–Crippen LogP) is 1.16. The molecule has 0 amide bonds. The van der Waals surface area contributed by atoms with Gasteiger partial charge >= 0.3 is 0 Å². The lowest BCUT2D eigenvalue weighted by molar-refractivity contribution is 1.10. The Labute approximate surface area is 69.8 Å². The molecule has 0 saturated heterocycles. The largest absolute Gasteiger partial charge is 0.384 e. The highest BCUT2D eigenvalue weighted by atomic mass is 15.2. The average Bonchev–Trinajstić information content (AvgIpc) is 2.41. The maximum absolute atomic E-state index is 5.69. The van der Waals surface area contributed by atoms with E-state index in [-0.39, 0.29) is 0 Å². The minimum absolute atomic E-state index is 0.596. The topological polar surface area (TPSA) is 67.6 Å². The summed E-state index contributed by atoms with van der Waals surface area (Å²) in [5.41, 5.74) is 8.66. The molecule has 0 atom stereocenters. The van der Waals surface area contributed by atoms with Gasteiger partial charge in [0.1, 0.15) is 5.82 Å². The van der Waals surface area contributed by atoms with Crippen molar-refractivity contribution in [1.82, 2.24) is 15.2 Å². The van der Waals surface area contributed by atoms with Crippen molar-refractivity contribution in [2.75, 3.05) is 5.73 Å². The molecule has 12 heavy (non-hydrogen) atoms. The summed E-state index contributed by atoms with van der Waals surface area (Å²) in [6, 6.07) is 0. The molecule has 0 spiro atoms. The van der Waals surface area contributed by atoms with Crippen LogP contribution in [0, 0.1) is 13.8 Å². The zero-order chi connectivity index (χ0) is 8.72. The first kappa shape index (κ1) is 7.09. The van der Waals surface area contributed by atoms with Gasteiger partial charge in [-0.3, -0.25) is 5.10 Å². The second-order valence-electron chi connectivity index (χ2n) is 2.90. The van der Waals surface area contributed by atoms with Crippen LogP contribution in [0.15, 0.2) is 6.20 Å². The van der Waals surface area contributed by atoms with E-state index in [1.54, 1.807) is 6.20 Å². The van der Waals surface area contributed by atoms with Crippen LogP contribution in [-0.2, 0) is 0 Å². The summed E-state index contributed by atoms with van der Waals surface area (Å²) in [6.45, 7) is 4.03. The number of fused-ring (bicyclic) bond motifs is 1. The van der Waals surface area contributed by atoms with E-state index in [9.17, 15) is 0 Å². The molecule has 0 aliphatic heterocycles. The molecule has 2 heterocycles. The fraction of sp³-hybridized carbons (Fsp3) is 0.250. The number of anilines is 1. The molecule has 0 aliphatic carbocycles. The summed E-state index contributed by atoms with van der Waals surface area (Å²) in [6.07, 6.45) is 1.80. The number of rotatable bonds is 0. The first-order valence-electron chi connectivity index (χ1n) is 3.76. The molecule has 0 aliphatic rings. The molecule has 0 unspecified atom stereocenters. The lowest BCUT2D eigenvalue weighted by Crippen LogP contribution is -1.89. The normalized spacial score (nSPS) is 10.8. The zero-order valence-corrected chi connectivity index (χ0v) is 7.05. The summed E-state index contributed by atoms with van der Waals surface area (Å²) < 4.78 is 0. The van der Waals surface area contributed by atoms with Gasteiger partial charge < -0.3 is 5.73 Å². The van der Waals surface area contributed by atoms with Crippen molar-refractivity contribution in [3.05, 3.63) is 17.3 Å². The van der Waals surface area contributed by atoms with Crippen LogP contribution >= 0.6 is 0 Å². The number of pyridine rings is 1. The molecule has 0 radical (unpaired) electrons. The molecule has 2 rings (SSSR count). The SMILES string of the molecule is Cc1cnc2n[nH]c(N)c2c1C. The van der Waals surface area contributed by atoms with Crippen molar-refractivity contribution in [2.24, 2.45) is 0 Å². The van der Waals surface area contributed by atoms with Crippen molar-refractivity contribution in [1.29, 1.82) is 0 Å². The van der Waals surface area contributed by atoms with Gasteiger partial charge in [0.25, 0.3) is 0 Å². The number of hydrogen-bond acceptors (Lipinski definition) is 3. The number of aryl methyl sites for hydroxylation is 2. The van der Waals surface area contributed by atoms with Crippen LogP contribution < -0.4 is 5.73 Å². The number of nitrogens with zero attached hydrogens (tertiary/aromatic N) is 2. The average molecular weight is 162 g/mol. The Hall–Kier alpha value is -1.58. The predicted molar refractivity (Wildman–Crippen MR) is 47.8 cm³/mol. The lowest BCUT2D eigenvalue weighted by atomic mass is 10.1. The number of hydrogen-bond donors (Lipinski definition) is 2. The van der Waals surface area contributed by atoms with E-state index in [2.05, 4.69) is 15.2 Å². The molecule has 0 fully saturated rings. The van der Waals surface area contributed by atoms with Crippen LogP contribution in [0.3, 0.4) is 0 Å². The van der Waals surface area contributed by atoms with E-state index in [0.29, 0.717) is 11.5 Å². The van der Waals surface area contributed by atoms with Gasteiger partial charge in [0.2, 0.25) is 0 Å². The third-order valence-electron chi connectivity index (χ3n) is 2.12. The van der Waals surface area contributed by atoms with Crippen molar-refractivity contribution < 1.29 is 0 Å². The second kappa shape index (κ2) is 2.20. The Bertz CT molecular complexity index is 430. The van der Waals surface area contributed by atoms with Gasteiger partial charge in [-0.2, -0.15) is 5.10 Å². The Morgan fingerprint density at radius 1 is 1.42 bits per heavy atom. The van der Waals surface area contributed by atoms with E-state index < -0.39 is 0 Å². The minimum atomic E-state index is 0.596. The molecule has 62 valence electrons. The number of aromatic nitrogens is 3. The van der Waals surface area contributed by atoms with Gasteiger partial charge in [-0.15, -0.1) is 0 Å². The molecule has 0 saturated carbocycles. The number of aromatic amines is 1. The summed E-state index contributed by atoms with van der Waals surface area (Å²) in [5, 5.41) is 7.61. The van der Waals surface area contributed by atoms with Crippen molar-refractivity contribution in [3.63, 3.8) is 0 Å². The molecule has 3 N–H and O–H groups in total. The van der Waals surface area contributed by atoms with Gasteiger partial charge in [-0.25, -0.2) is 4.98 Å². The smallest absolute Gasteiger partial charge is 0.183 e. The molecular formula is C8H10N4. The summed E-state index contributed by atoms with van der Waals surface area (Å²) in [7, 11) is 0. The van der Waals surface area contributed by atoms with Crippen molar-refractivity contribution in [2.45, 2.75) is 13.8 Å². The molecule has 4 nitrogen and oxygen atoms in total. The Balaban J connectivity index is 2.96. The van der Waals surface area contributed by atoms with Gasteiger partial charge in [-0.05, 0) is 25.0 Å². The van der Waals surface area contributed by atoms with Crippen LogP contribution in [0.2, 0.25) is 0 Å². The Kier molecular flexibility index (Phi) is 1.30. The minimum Gasteiger partial charge on any atom is -0.384 e. The zero-order valence-electron chi connectivity index (χ0n) is 7.05. The van der Waals surface area contributed by atoms with Gasteiger partial charge in [0.15, 0.2) is 5.65 Å². The van der Waals surface area contributed by atoms with Crippen LogP contribution in [0.25, 0.3) is 11.0 Å². The van der Waals surface area contributed by atoms with Gasteiger partial charge in [0.05, 0.1) is 5.39 Å². The standard InChI is InChI=1S/C8H10N4/c1-4-3-10-8-6(5(4)2)7(9)11-12-8/h3H,1-2H3,(H3,9,10,11,12). The van der Waals surface area contributed by atoms with E-state index in [0.717, 1.165) is 16.5 Å². The molecule has 2 aromatic heterocycles. The first-order valence-corrected chi connectivity index (χ1v) is 3.76. The third kappa shape index (κ3) is 0.777. The highest BCUT2D eigenvalue weighted by Crippen LogP contribution is 2.21. The maximum Gasteiger partial charge on any atom is 0.183 e. The number of nitrogens with one attached hydrogen (secondary N) is 1. The van der Waals surface area contributed by atoms with Crippen LogP contribution in [-0.4, -0.2) is 15.2 Å². The summed E-state index contributed by atoms with van der Waals surface area (Å²) in [5.74, 6) is 0.596. The number of nitrogens with two attached hydrogens (primary N) is 1.